The zero-order valence-corrected chi connectivity index (χ0v) is 7.54. The monoisotopic (exact) mass is 155 g/mol. The lowest BCUT2D eigenvalue weighted by molar-refractivity contribution is 0.294. The van der Waals surface area contributed by atoms with Crippen molar-refractivity contribution >= 4 is 5.96 Å². The molecule has 11 heavy (non-hydrogen) atoms. The van der Waals surface area contributed by atoms with Gasteiger partial charge in [0, 0.05) is 7.05 Å². The Balaban J connectivity index is 2.53. The summed E-state index contributed by atoms with van der Waals surface area (Å²) in [5.41, 5.74) is 5.64. The molecule has 0 radical (unpaired) electrons. The van der Waals surface area contributed by atoms with Gasteiger partial charge in [0.1, 0.15) is 0 Å². The van der Waals surface area contributed by atoms with Crippen LogP contribution >= 0.6 is 0 Å². The molecule has 1 rings (SSSR count). The van der Waals surface area contributed by atoms with E-state index in [1.165, 1.54) is 6.42 Å². The van der Waals surface area contributed by atoms with Crippen LogP contribution in [0, 0.1) is 5.92 Å². The molecule has 0 bridgehead atoms. The van der Waals surface area contributed by atoms with Crippen LogP contribution in [0.1, 0.15) is 20.3 Å². The predicted molar refractivity (Wildman–Crippen MR) is 47.5 cm³/mol. The maximum atomic E-state index is 5.64. The van der Waals surface area contributed by atoms with Crippen LogP contribution in [0.4, 0.5) is 0 Å². The number of likely N-dealkylation sites (N-methyl/N-ethyl adjacent to an activating group) is 1. The lowest BCUT2D eigenvalue weighted by atomic mass is 9.99. The fourth-order valence-corrected chi connectivity index (χ4v) is 1.42. The van der Waals surface area contributed by atoms with E-state index < -0.39 is 0 Å². The highest BCUT2D eigenvalue weighted by atomic mass is 15.3. The third-order valence-electron chi connectivity index (χ3n) is 2.60. The van der Waals surface area contributed by atoms with Gasteiger partial charge in [0.05, 0.1) is 12.6 Å². The molecule has 0 saturated carbocycles. The van der Waals surface area contributed by atoms with Crippen LogP contribution in [-0.4, -0.2) is 30.5 Å². The molecule has 1 heterocycles. The van der Waals surface area contributed by atoms with Gasteiger partial charge in [-0.2, -0.15) is 0 Å². The molecule has 1 aliphatic heterocycles. The summed E-state index contributed by atoms with van der Waals surface area (Å²) in [6, 6.07) is 0.528. The molecule has 0 aliphatic carbocycles. The minimum Gasteiger partial charge on any atom is -0.370 e. The largest absolute Gasteiger partial charge is 0.370 e. The van der Waals surface area contributed by atoms with Crippen molar-refractivity contribution in [2.24, 2.45) is 16.6 Å². The van der Waals surface area contributed by atoms with Crippen LogP contribution in [0.5, 0.6) is 0 Å². The highest BCUT2D eigenvalue weighted by molar-refractivity contribution is 5.79. The van der Waals surface area contributed by atoms with Crippen molar-refractivity contribution in [2.45, 2.75) is 26.3 Å². The van der Waals surface area contributed by atoms with Crippen LogP contribution in [0.3, 0.4) is 0 Å². The van der Waals surface area contributed by atoms with Gasteiger partial charge in [0.25, 0.3) is 0 Å². The molecule has 0 fully saturated rings. The maximum Gasteiger partial charge on any atom is 0.191 e. The zero-order valence-electron chi connectivity index (χ0n) is 7.54. The van der Waals surface area contributed by atoms with E-state index in [1.807, 2.05) is 7.05 Å². The van der Waals surface area contributed by atoms with E-state index in [2.05, 4.69) is 23.7 Å². The van der Waals surface area contributed by atoms with Crippen molar-refractivity contribution in [2.75, 3.05) is 13.6 Å². The summed E-state index contributed by atoms with van der Waals surface area (Å²) in [7, 11) is 2.02. The van der Waals surface area contributed by atoms with E-state index in [1.54, 1.807) is 0 Å². The second-order valence-electron chi connectivity index (χ2n) is 3.26. The smallest absolute Gasteiger partial charge is 0.191 e. The molecule has 0 saturated heterocycles. The second kappa shape index (κ2) is 3.11. The molecule has 0 amide bonds. The van der Waals surface area contributed by atoms with Gasteiger partial charge in [-0.3, -0.25) is 4.99 Å². The van der Waals surface area contributed by atoms with Gasteiger partial charge in [-0.05, 0) is 5.92 Å². The molecule has 1 aliphatic rings. The Labute approximate surface area is 68.3 Å². The standard InChI is InChI=1S/C8H17N3/c1-4-6(2)7-5-10-8(9)11(7)3/h6-7H,4-5H2,1-3H3,(H2,9,10). The van der Waals surface area contributed by atoms with E-state index in [0.717, 1.165) is 6.54 Å². The molecule has 2 unspecified atom stereocenters. The van der Waals surface area contributed by atoms with Crippen LogP contribution < -0.4 is 5.73 Å². The summed E-state index contributed by atoms with van der Waals surface area (Å²) in [5.74, 6) is 1.38. The third kappa shape index (κ3) is 1.47. The minimum atomic E-state index is 0.528. The average Bonchev–Trinajstić information content (AvgIpc) is 2.32. The Bertz CT molecular complexity index is 165. The van der Waals surface area contributed by atoms with E-state index >= 15 is 0 Å². The van der Waals surface area contributed by atoms with E-state index in [4.69, 9.17) is 5.73 Å². The van der Waals surface area contributed by atoms with E-state index in [-0.39, 0.29) is 0 Å². The normalized spacial score (nSPS) is 27.0. The van der Waals surface area contributed by atoms with Crippen LogP contribution in [0.15, 0.2) is 4.99 Å². The fraction of sp³-hybridized carbons (Fsp3) is 0.875. The van der Waals surface area contributed by atoms with Gasteiger partial charge in [0.15, 0.2) is 5.96 Å². The molecule has 0 aromatic heterocycles. The molecule has 64 valence electrons. The highest BCUT2D eigenvalue weighted by Crippen LogP contribution is 2.17. The van der Waals surface area contributed by atoms with Crippen LogP contribution in [0.25, 0.3) is 0 Å². The van der Waals surface area contributed by atoms with Gasteiger partial charge >= 0.3 is 0 Å². The summed E-state index contributed by atoms with van der Waals surface area (Å²) in [6.45, 7) is 5.32. The van der Waals surface area contributed by atoms with Crippen molar-refractivity contribution in [1.29, 1.82) is 0 Å². The highest BCUT2D eigenvalue weighted by Gasteiger charge is 2.26. The summed E-state index contributed by atoms with van der Waals surface area (Å²) in [5, 5.41) is 0. The quantitative estimate of drug-likeness (QED) is 0.636. The molecule has 3 heteroatoms. The molecule has 3 nitrogen and oxygen atoms in total. The lowest BCUT2D eigenvalue weighted by Crippen LogP contribution is -2.40. The Hall–Kier alpha value is -0.730. The molecule has 0 aromatic carbocycles. The minimum absolute atomic E-state index is 0.528. The molecular weight excluding hydrogens is 138 g/mol. The second-order valence-corrected chi connectivity index (χ2v) is 3.26. The van der Waals surface area contributed by atoms with Crippen molar-refractivity contribution < 1.29 is 0 Å². The predicted octanol–water partition coefficient (Wildman–Crippen LogP) is 0.661. The topological polar surface area (TPSA) is 41.6 Å². The third-order valence-corrected chi connectivity index (χ3v) is 2.60. The number of aliphatic imine (C=N–C) groups is 1. The van der Waals surface area contributed by atoms with Crippen molar-refractivity contribution in [3.05, 3.63) is 0 Å². The Morgan fingerprint density at radius 2 is 2.45 bits per heavy atom. The van der Waals surface area contributed by atoms with Crippen LogP contribution in [0.2, 0.25) is 0 Å². The first-order valence-electron chi connectivity index (χ1n) is 4.19. The SMILES string of the molecule is CCC(C)C1CN=C(N)N1C. The first kappa shape index (κ1) is 8.37. The summed E-state index contributed by atoms with van der Waals surface area (Å²) in [4.78, 5) is 6.27. The molecule has 2 N–H and O–H groups in total. The average molecular weight is 155 g/mol. The summed E-state index contributed by atoms with van der Waals surface area (Å²) < 4.78 is 0. The summed E-state index contributed by atoms with van der Waals surface area (Å²) in [6.07, 6.45) is 1.19. The summed E-state index contributed by atoms with van der Waals surface area (Å²) >= 11 is 0. The Morgan fingerprint density at radius 3 is 2.82 bits per heavy atom. The molecule has 2 atom stereocenters. The number of guanidine groups is 1. The first-order chi connectivity index (χ1) is 5.16. The van der Waals surface area contributed by atoms with Crippen molar-refractivity contribution in [1.82, 2.24) is 4.90 Å². The van der Waals surface area contributed by atoms with Crippen molar-refractivity contribution in [3.8, 4) is 0 Å². The van der Waals surface area contributed by atoms with E-state index in [9.17, 15) is 0 Å². The molecular formula is C8H17N3. The first-order valence-corrected chi connectivity index (χ1v) is 4.19. The number of hydrogen-bond donors (Lipinski definition) is 1. The fourth-order valence-electron chi connectivity index (χ4n) is 1.42. The number of hydrogen-bond acceptors (Lipinski definition) is 3. The Kier molecular flexibility index (Phi) is 2.37. The van der Waals surface area contributed by atoms with Gasteiger partial charge < -0.3 is 10.6 Å². The van der Waals surface area contributed by atoms with Gasteiger partial charge in [-0.15, -0.1) is 0 Å². The van der Waals surface area contributed by atoms with Gasteiger partial charge in [-0.25, -0.2) is 0 Å². The molecule has 0 aromatic rings. The van der Waals surface area contributed by atoms with E-state index in [0.29, 0.717) is 17.9 Å². The maximum absolute atomic E-state index is 5.64. The number of nitrogens with zero attached hydrogens (tertiary/aromatic N) is 2. The van der Waals surface area contributed by atoms with Crippen LogP contribution in [-0.2, 0) is 0 Å². The molecule has 0 spiro atoms. The van der Waals surface area contributed by atoms with Gasteiger partial charge in [-0.1, -0.05) is 20.3 Å². The van der Waals surface area contributed by atoms with Crippen molar-refractivity contribution in [3.63, 3.8) is 0 Å². The number of nitrogens with two attached hydrogens (primary N) is 1. The zero-order chi connectivity index (χ0) is 8.43. The van der Waals surface area contributed by atoms with Gasteiger partial charge in [0.2, 0.25) is 0 Å². The number of rotatable bonds is 2. The lowest BCUT2D eigenvalue weighted by Gasteiger charge is -2.26. The Morgan fingerprint density at radius 1 is 1.82 bits per heavy atom.